The first-order valence-electron chi connectivity index (χ1n) is 7.11. The molecule has 2 rings (SSSR count). The Bertz CT molecular complexity index is 211. The highest BCUT2D eigenvalue weighted by Crippen LogP contribution is 2.40. The summed E-state index contributed by atoms with van der Waals surface area (Å²) in [6.07, 6.45) is 8.23. The second kappa shape index (κ2) is 5.05. The van der Waals surface area contributed by atoms with Crippen molar-refractivity contribution in [1.82, 2.24) is 4.90 Å². The molecule has 1 saturated carbocycles. The monoisotopic (exact) mass is 224 g/mol. The molecule has 0 amide bonds. The van der Waals surface area contributed by atoms with Crippen molar-refractivity contribution in [3.05, 3.63) is 0 Å². The van der Waals surface area contributed by atoms with Crippen LogP contribution in [0.1, 0.15) is 52.4 Å². The van der Waals surface area contributed by atoms with E-state index in [1.165, 1.54) is 51.6 Å². The molecule has 2 nitrogen and oxygen atoms in total. The van der Waals surface area contributed by atoms with Crippen molar-refractivity contribution in [2.45, 2.75) is 57.9 Å². The number of nitrogens with two attached hydrogens (primary N) is 1. The van der Waals surface area contributed by atoms with Crippen molar-refractivity contribution in [3.63, 3.8) is 0 Å². The quantitative estimate of drug-likeness (QED) is 0.781. The molecule has 1 aliphatic heterocycles. The lowest BCUT2D eigenvalue weighted by Gasteiger charge is -2.51. The second-order valence-electron chi connectivity index (χ2n) is 6.33. The van der Waals surface area contributed by atoms with Crippen LogP contribution in [0.2, 0.25) is 0 Å². The molecule has 2 aliphatic rings. The van der Waals surface area contributed by atoms with Crippen LogP contribution in [-0.4, -0.2) is 30.1 Å². The highest BCUT2D eigenvalue weighted by Gasteiger charge is 2.41. The van der Waals surface area contributed by atoms with Gasteiger partial charge < -0.3 is 5.73 Å². The molecule has 2 atom stereocenters. The molecule has 1 saturated heterocycles. The van der Waals surface area contributed by atoms with Gasteiger partial charge in [0.1, 0.15) is 0 Å². The molecule has 0 spiro atoms. The number of rotatable bonds is 2. The first-order valence-corrected chi connectivity index (χ1v) is 7.11. The molecule has 2 unspecified atom stereocenters. The average Bonchev–Trinajstić information content (AvgIpc) is 2.29. The molecule has 1 aliphatic carbocycles. The minimum absolute atomic E-state index is 0.345. The van der Waals surface area contributed by atoms with Crippen LogP contribution in [0.3, 0.4) is 0 Å². The summed E-state index contributed by atoms with van der Waals surface area (Å²) in [5, 5.41) is 0. The van der Waals surface area contributed by atoms with Crippen LogP contribution in [0.25, 0.3) is 0 Å². The Morgan fingerprint density at radius 2 is 1.62 bits per heavy atom. The van der Waals surface area contributed by atoms with Crippen molar-refractivity contribution < 1.29 is 0 Å². The lowest BCUT2D eigenvalue weighted by atomic mass is 9.70. The summed E-state index contributed by atoms with van der Waals surface area (Å²) in [5.41, 5.74) is 6.50. The Morgan fingerprint density at radius 1 is 1.06 bits per heavy atom. The van der Waals surface area contributed by atoms with E-state index in [1.807, 2.05) is 0 Å². The number of piperidine rings is 1. The highest BCUT2D eigenvalue weighted by molar-refractivity contribution is 4.98. The maximum atomic E-state index is 6.15. The fraction of sp³-hybridized carbons (Fsp3) is 1.00. The lowest BCUT2D eigenvalue weighted by Crippen LogP contribution is -2.58. The van der Waals surface area contributed by atoms with Gasteiger partial charge in [-0.25, -0.2) is 0 Å². The molecule has 2 heteroatoms. The number of hydrogen-bond donors (Lipinski definition) is 1. The fourth-order valence-electron chi connectivity index (χ4n) is 4.16. The molecular weight excluding hydrogens is 196 g/mol. The van der Waals surface area contributed by atoms with E-state index in [1.54, 1.807) is 0 Å². The number of nitrogens with zero attached hydrogens (tertiary/aromatic N) is 1. The van der Waals surface area contributed by atoms with Crippen LogP contribution < -0.4 is 5.73 Å². The van der Waals surface area contributed by atoms with Gasteiger partial charge in [-0.05, 0) is 57.0 Å². The van der Waals surface area contributed by atoms with Gasteiger partial charge in [0.15, 0.2) is 0 Å². The molecule has 0 aromatic carbocycles. The Morgan fingerprint density at radius 3 is 2.12 bits per heavy atom. The Labute approximate surface area is 101 Å². The van der Waals surface area contributed by atoms with Crippen LogP contribution in [0.5, 0.6) is 0 Å². The summed E-state index contributed by atoms with van der Waals surface area (Å²) in [6.45, 7) is 8.25. The first-order chi connectivity index (χ1) is 7.66. The molecular formula is C14H28N2. The molecule has 1 heterocycles. The molecule has 2 fully saturated rings. The zero-order valence-electron chi connectivity index (χ0n) is 11.0. The lowest BCUT2D eigenvalue weighted by molar-refractivity contribution is 0.00693. The average molecular weight is 224 g/mol. The van der Waals surface area contributed by atoms with E-state index in [2.05, 4.69) is 18.7 Å². The van der Waals surface area contributed by atoms with Crippen molar-refractivity contribution in [3.8, 4) is 0 Å². The molecule has 94 valence electrons. The smallest absolute Gasteiger partial charge is 0.0336 e. The van der Waals surface area contributed by atoms with Crippen molar-refractivity contribution in [2.24, 2.45) is 17.6 Å². The minimum Gasteiger partial charge on any atom is -0.329 e. The molecule has 0 bridgehead atoms. The van der Waals surface area contributed by atoms with Gasteiger partial charge in [-0.3, -0.25) is 4.90 Å². The second-order valence-corrected chi connectivity index (χ2v) is 6.33. The minimum atomic E-state index is 0.345. The molecule has 2 N–H and O–H groups in total. The molecule has 0 aromatic rings. The van der Waals surface area contributed by atoms with Gasteiger partial charge in [-0.2, -0.15) is 0 Å². The van der Waals surface area contributed by atoms with Crippen LogP contribution in [0.4, 0.5) is 0 Å². The van der Waals surface area contributed by atoms with Gasteiger partial charge in [-0.1, -0.05) is 20.3 Å². The van der Waals surface area contributed by atoms with Crippen molar-refractivity contribution in [2.75, 3.05) is 19.6 Å². The van der Waals surface area contributed by atoms with E-state index in [4.69, 9.17) is 5.73 Å². The summed E-state index contributed by atoms with van der Waals surface area (Å²) in [7, 11) is 0. The third kappa shape index (κ3) is 2.43. The van der Waals surface area contributed by atoms with Gasteiger partial charge in [0.2, 0.25) is 0 Å². The molecule has 16 heavy (non-hydrogen) atoms. The largest absolute Gasteiger partial charge is 0.329 e. The van der Waals surface area contributed by atoms with E-state index >= 15 is 0 Å². The van der Waals surface area contributed by atoms with E-state index in [0.717, 1.165) is 18.4 Å². The third-order valence-corrected chi connectivity index (χ3v) is 4.67. The van der Waals surface area contributed by atoms with E-state index in [9.17, 15) is 0 Å². The topological polar surface area (TPSA) is 29.3 Å². The Hall–Kier alpha value is -0.0800. The third-order valence-electron chi connectivity index (χ3n) is 4.67. The summed E-state index contributed by atoms with van der Waals surface area (Å²) in [5.74, 6) is 1.71. The van der Waals surface area contributed by atoms with Gasteiger partial charge >= 0.3 is 0 Å². The predicted molar refractivity (Wildman–Crippen MR) is 69.4 cm³/mol. The Kier molecular flexibility index (Phi) is 3.91. The normalized spacial score (nSPS) is 42.2. The zero-order chi connectivity index (χ0) is 11.6. The summed E-state index contributed by atoms with van der Waals surface area (Å²) >= 11 is 0. The van der Waals surface area contributed by atoms with Crippen LogP contribution in [0.15, 0.2) is 0 Å². The van der Waals surface area contributed by atoms with Crippen LogP contribution >= 0.6 is 0 Å². The summed E-state index contributed by atoms with van der Waals surface area (Å²) < 4.78 is 0. The number of hydrogen-bond acceptors (Lipinski definition) is 2. The van der Waals surface area contributed by atoms with E-state index in [-0.39, 0.29) is 0 Å². The fourth-order valence-corrected chi connectivity index (χ4v) is 4.16. The van der Waals surface area contributed by atoms with Gasteiger partial charge in [0.05, 0.1) is 0 Å². The molecule has 0 radical (unpaired) electrons. The zero-order valence-corrected chi connectivity index (χ0v) is 11.0. The molecule has 0 aromatic heterocycles. The first kappa shape index (κ1) is 12.4. The van der Waals surface area contributed by atoms with Gasteiger partial charge in [-0.15, -0.1) is 0 Å². The Balaban J connectivity index is 2.09. The van der Waals surface area contributed by atoms with Crippen LogP contribution in [0, 0.1) is 11.8 Å². The number of likely N-dealkylation sites (tertiary alicyclic amines) is 1. The van der Waals surface area contributed by atoms with Crippen molar-refractivity contribution in [1.29, 1.82) is 0 Å². The van der Waals surface area contributed by atoms with Crippen LogP contribution in [-0.2, 0) is 0 Å². The summed E-state index contributed by atoms with van der Waals surface area (Å²) in [4.78, 5) is 2.72. The van der Waals surface area contributed by atoms with E-state index < -0.39 is 0 Å². The van der Waals surface area contributed by atoms with E-state index in [0.29, 0.717) is 5.54 Å². The highest BCUT2D eigenvalue weighted by atomic mass is 15.2. The maximum Gasteiger partial charge on any atom is 0.0336 e. The SMILES string of the molecule is CC1CC(C)CC(CN)(N2CCCCC2)C1. The predicted octanol–water partition coefficient (Wildman–Crippen LogP) is 2.63. The van der Waals surface area contributed by atoms with Crippen molar-refractivity contribution >= 4 is 0 Å². The van der Waals surface area contributed by atoms with Gasteiger partial charge in [0.25, 0.3) is 0 Å². The maximum absolute atomic E-state index is 6.15. The van der Waals surface area contributed by atoms with Gasteiger partial charge in [0, 0.05) is 12.1 Å². The summed E-state index contributed by atoms with van der Waals surface area (Å²) in [6, 6.07) is 0. The standard InChI is InChI=1S/C14H28N2/c1-12-8-13(2)10-14(9-12,11-15)16-6-4-3-5-7-16/h12-13H,3-11,15H2,1-2H3.